The molecule has 3 aliphatic rings. The molecular formula is C9H16N2. The van der Waals surface area contributed by atoms with Crippen LogP contribution in [-0.2, 0) is 0 Å². The fraction of sp³-hybridized carbons (Fsp3) is 1.00. The van der Waals surface area contributed by atoms with Crippen LogP contribution in [0.3, 0.4) is 0 Å². The van der Waals surface area contributed by atoms with Gasteiger partial charge in [-0.15, -0.1) is 0 Å². The minimum Gasteiger partial charge on any atom is -0.316 e. The first-order valence-electron chi connectivity index (χ1n) is 4.83. The van der Waals surface area contributed by atoms with Gasteiger partial charge in [0, 0.05) is 25.2 Å². The average Bonchev–Trinajstić information content (AvgIpc) is 2.27. The molecule has 0 saturated carbocycles. The van der Waals surface area contributed by atoms with Crippen molar-refractivity contribution in [2.24, 2.45) is 5.41 Å². The summed E-state index contributed by atoms with van der Waals surface area (Å²) >= 11 is 0. The molecule has 0 aromatic carbocycles. The van der Waals surface area contributed by atoms with Gasteiger partial charge < -0.3 is 10.6 Å². The van der Waals surface area contributed by atoms with Gasteiger partial charge in [-0.1, -0.05) is 0 Å². The molecule has 0 aromatic rings. The zero-order chi connectivity index (χ0) is 7.31. The third-order valence-corrected chi connectivity index (χ3v) is 3.69. The smallest absolute Gasteiger partial charge is 0.00764 e. The van der Waals surface area contributed by atoms with Gasteiger partial charge in [0.1, 0.15) is 0 Å². The molecule has 2 atom stereocenters. The van der Waals surface area contributed by atoms with E-state index in [2.05, 4.69) is 10.6 Å². The van der Waals surface area contributed by atoms with Crippen LogP contribution in [0.5, 0.6) is 0 Å². The lowest BCUT2D eigenvalue weighted by Crippen LogP contribution is -2.60. The predicted octanol–water partition coefficient (Wildman–Crippen LogP) is 0.490. The number of piperidine rings is 1. The third-order valence-electron chi connectivity index (χ3n) is 3.69. The van der Waals surface area contributed by atoms with E-state index in [1.54, 1.807) is 0 Å². The van der Waals surface area contributed by atoms with Crippen LogP contribution < -0.4 is 10.6 Å². The highest BCUT2D eigenvalue weighted by atomic mass is 15.1. The zero-order valence-electron chi connectivity index (χ0n) is 6.90. The fourth-order valence-electron chi connectivity index (χ4n) is 3.12. The van der Waals surface area contributed by atoms with Gasteiger partial charge in [-0.05, 0) is 31.1 Å². The van der Waals surface area contributed by atoms with Gasteiger partial charge in [-0.2, -0.15) is 0 Å². The number of hydrogen-bond donors (Lipinski definition) is 2. The highest BCUT2D eigenvalue weighted by Crippen LogP contribution is 2.42. The van der Waals surface area contributed by atoms with Gasteiger partial charge in [0.25, 0.3) is 0 Å². The monoisotopic (exact) mass is 152 g/mol. The zero-order valence-corrected chi connectivity index (χ0v) is 6.90. The Bertz CT molecular complexity index is 160. The van der Waals surface area contributed by atoms with Crippen LogP contribution in [0.25, 0.3) is 0 Å². The summed E-state index contributed by atoms with van der Waals surface area (Å²) in [4.78, 5) is 0. The largest absolute Gasteiger partial charge is 0.316 e. The second-order valence-corrected chi connectivity index (χ2v) is 4.65. The Morgan fingerprint density at radius 2 is 1.64 bits per heavy atom. The van der Waals surface area contributed by atoms with Crippen LogP contribution in [0.1, 0.15) is 25.7 Å². The third kappa shape index (κ3) is 0.859. The molecule has 0 aromatic heterocycles. The minimum atomic E-state index is 0.733. The number of fused-ring (bicyclic) bond motifs is 2. The van der Waals surface area contributed by atoms with Crippen LogP contribution in [0.4, 0.5) is 0 Å². The second kappa shape index (κ2) is 1.99. The van der Waals surface area contributed by atoms with Crippen molar-refractivity contribution in [1.29, 1.82) is 0 Å². The van der Waals surface area contributed by atoms with E-state index in [0.29, 0.717) is 0 Å². The maximum Gasteiger partial charge on any atom is 0.00764 e. The lowest BCUT2D eigenvalue weighted by molar-refractivity contribution is 0.0875. The van der Waals surface area contributed by atoms with Gasteiger partial charge in [0.2, 0.25) is 0 Å². The molecule has 3 fully saturated rings. The van der Waals surface area contributed by atoms with Crippen LogP contribution in [0, 0.1) is 5.41 Å². The molecule has 62 valence electrons. The standard InChI is InChI=1S/C9H16N2/c1-2-8-4-9(5-10-6-9)3-7(1)11-8/h7-8,10-11H,1-6H2/t7-,8+. The van der Waals surface area contributed by atoms with E-state index in [4.69, 9.17) is 0 Å². The Hall–Kier alpha value is -0.0800. The topological polar surface area (TPSA) is 24.1 Å². The highest BCUT2D eigenvalue weighted by Gasteiger charge is 2.46. The summed E-state index contributed by atoms with van der Waals surface area (Å²) in [5, 5.41) is 7.10. The number of rotatable bonds is 0. The van der Waals surface area contributed by atoms with Crippen molar-refractivity contribution in [1.82, 2.24) is 10.6 Å². The van der Waals surface area contributed by atoms with E-state index in [-0.39, 0.29) is 0 Å². The molecule has 0 amide bonds. The summed E-state index contributed by atoms with van der Waals surface area (Å²) in [5.74, 6) is 0. The van der Waals surface area contributed by atoms with Crippen molar-refractivity contribution in [2.75, 3.05) is 13.1 Å². The lowest BCUT2D eigenvalue weighted by Gasteiger charge is -2.48. The molecule has 2 nitrogen and oxygen atoms in total. The Labute approximate surface area is 67.7 Å². The summed E-state index contributed by atoms with van der Waals surface area (Å²) in [6.45, 7) is 2.59. The molecule has 11 heavy (non-hydrogen) atoms. The van der Waals surface area contributed by atoms with Crippen molar-refractivity contribution in [2.45, 2.75) is 37.8 Å². The Morgan fingerprint density at radius 3 is 2.09 bits per heavy atom. The predicted molar refractivity (Wildman–Crippen MR) is 44.5 cm³/mol. The summed E-state index contributed by atoms with van der Waals surface area (Å²) < 4.78 is 0. The molecule has 3 rings (SSSR count). The Morgan fingerprint density at radius 1 is 1.00 bits per heavy atom. The Balaban J connectivity index is 1.80. The normalized spacial score (nSPS) is 45.8. The Kier molecular flexibility index (Phi) is 1.16. The quantitative estimate of drug-likeness (QED) is 0.528. The van der Waals surface area contributed by atoms with Crippen LogP contribution in [0.2, 0.25) is 0 Å². The van der Waals surface area contributed by atoms with Gasteiger partial charge in [0.15, 0.2) is 0 Å². The van der Waals surface area contributed by atoms with Crippen molar-refractivity contribution in [3.8, 4) is 0 Å². The molecule has 0 unspecified atom stereocenters. The van der Waals surface area contributed by atoms with E-state index in [0.717, 1.165) is 17.5 Å². The molecule has 3 heterocycles. The van der Waals surface area contributed by atoms with Crippen LogP contribution in [0.15, 0.2) is 0 Å². The molecule has 3 aliphatic heterocycles. The van der Waals surface area contributed by atoms with E-state index >= 15 is 0 Å². The van der Waals surface area contributed by atoms with Crippen molar-refractivity contribution >= 4 is 0 Å². The second-order valence-electron chi connectivity index (χ2n) is 4.65. The molecular weight excluding hydrogens is 136 g/mol. The molecule has 1 spiro atoms. The summed E-state index contributed by atoms with van der Waals surface area (Å²) in [6, 6.07) is 1.74. The molecule has 2 bridgehead atoms. The average molecular weight is 152 g/mol. The highest BCUT2D eigenvalue weighted by molar-refractivity contribution is 5.04. The SMILES string of the molecule is C1C[C@H]2CC3(CNC3)C[C@@H]1N2. The van der Waals surface area contributed by atoms with Gasteiger partial charge >= 0.3 is 0 Å². The summed E-state index contributed by atoms with van der Waals surface area (Å²) in [6.07, 6.45) is 5.76. The minimum absolute atomic E-state index is 0.733. The van der Waals surface area contributed by atoms with Crippen molar-refractivity contribution in [3.05, 3.63) is 0 Å². The molecule has 0 aliphatic carbocycles. The fourth-order valence-corrected chi connectivity index (χ4v) is 3.12. The molecule has 2 heteroatoms. The van der Waals surface area contributed by atoms with Crippen LogP contribution in [-0.4, -0.2) is 25.2 Å². The van der Waals surface area contributed by atoms with E-state index < -0.39 is 0 Å². The van der Waals surface area contributed by atoms with E-state index in [1.807, 2.05) is 0 Å². The van der Waals surface area contributed by atoms with Gasteiger partial charge in [0.05, 0.1) is 0 Å². The maximum atomic E-state index is 3.69. The molecule has 0 radical (unpaired) electrons. The first-order valence-corrected chi connectivity index (χ1v) is 4.83. The first-order chi connectivity index (χ1) is 5.36. The lowest BCUT2D eigenvalue weighted by atomic mass is 9.71. The van der Waals surface area contributed by atoms with E-state index in [1.165, 1.54) is 38.8 Å². The summed E-state index contributed by atoms with van der Waals surface area (Å²) in [5.41, 5.74) is 0.733. The molecule has 2 N–H and O–H groups in total. The van der Waals surface area contributed by atoms with Crippen molar-refractivity contribution < 1.29 is 0 Å². The van der Waals surface area contributed by atoms with Gasteiger partial charge in [-0.3, -0.25) is 0 Å². The molecule has 3 saturated heterocycles. The first kappa shape index (κ1) is 6.44. The number of hydrogen-bond acceptors (Lipinski definition) is 2. The van der Waals surface area contributed by atoms with E-state index in [9.17, 15) is 0 Å². The van der Waals surface area contributed by atoms with Crippen molar-refractivity contribution in [3.63, 3.8) is 0 Å². The van der Waals surface area contributed by atoms with Gasteiger partial charge in [-0.25, -0.2) is 0 Å². The number of nitrogens with one attached hydrogen (secondary N) is 2. The maximum absolute atomic E-state index is 3.69. The summed E-state index contributed by atoms with van der Waals surface area (Å²) in [7, 11) is 0. The van der Waals surface area contributed by atoms with Crippen LogP contribution >= 0.6 is 0 Å².